The number of alkyl halides is 2. The van der Waals surface area contributed by atoms with Crippen molar-refractivity contribution < 1.29 is 32.5 Å². The van der Waals surface area contributed by atoms with Gasteiger partial charge >= 0.3 is 12.6 Å². The van der Waals surface area contributed by atoms with Gasteiger partial charge in [0.1, 0.15) is 0 Å². The first-order chi connectivity index (χ1) is 13.4. The Morgan fingerprint density at radius 3 is 2.21 bits per heavy atom. The van der Waals surface area contributed by atoms with Crippen molar-refractivity contribution in [2.45, 2.75) is 13.5 Å². The van der Waals surface area contributed by atoms with E-state index in [1.54, 1.807) is 12.1 Å². The van der Waals surface area contributed by atoms with E-state index < -0.39 is 12.6 Å². The van der Waals surface area contributed by atoms with Gasteiger partial charge < -0.3 is 18.9 Å². The molecule has 3 rings (SSSR count). The number of rotatable bonds is 6. The van der Waals surface area contributed by atoms with Crippen LogP contribution >= 0.6 is 0 Å². The molecule has 0 fully saturated rings. The van der Waals surface area contributed by atoms with Crippen LogP contribution in [0.3, 0.4) is 0 Å². The first-order valence-corrected chi connectivity index (χ1v) is 8.21. The molecule has 1 aliphatic rings. The summed E-state index contributed by atoms with van der Waals surface area (Å²) in [6, 6.07) is 10.2. The van der Waals surface area contributed by atoms with Gasteiger partial charge in [0.05, 0.1) is 14.2 Å². The Kier molecular flexibility index (Phi) is 5.58. The van der Waals surface area contributed by atoms with Crippen molar-refractivity contribution in [3.8, 4) is 17.2 Å². The molecule has 0 radical (unpaired) electrons. The van der Waals surface area contributed by atoms with Crippen LogP contribution in [0.15, 0.2) is 47.1 Å². The lowest BCUT2D eigenvalue weighted by atomic mass is 10.1. The van der Waals surface area contributed by atoms with E-state index in [2.05, 4.69) is 9.73 Å². The van der Waals surface area contributed by atoms with Gasteiger partial charge in [-0.05, 0) is 42.8 Å². The number of aryl methyl sites for hydroxylation is 1. The number of benzene rings is 2. The van der Waals surface area contributed by atoms with Crippen LogP contribution in [0.1, 0.15) is 16.7 Å². The largest absolute Gasteiger partial charge is 0.493 e. The van der Waals surface area contributed by atoms with Gasteiger partial charge in [0, 0.05) is 5.56 Å². The average Bonchev–Trinajstić information content (AvgIpc) is 3.03. The zero-order chi connectivity index (χ0) is 20.3. The number of cyclic esters (lactones) is 1. The van der Waals surface area contributed by atoms with Gasteiger partial charge in [-0.3, -0.25) is 0 Å². The van der Waals surface area contributed by atoms with Crippen molar-refractivity contribution in [1.82, 2.24) is 0 Å². The van der Waals surface area contributed by atoms with E-state index in [0.717, 1.165) is 5.56 Å². The summed E-state index contributed by atoms with van der Waals surface area (Å²) >= 11 is 0. The second-order valence-corrected chi connectivity index (χ2v) is 5.84. The first-order valence-electron chi connectivity index (χ1n) is 8.21. The molecule has 0 aromatic heterocycles. The fraction of sp³-hybridized carbons (Fsp3) is 0.200. The van der Waals surface area contributed by atoms with Crippen molar-refractivity contribution in [3.05, 3.63) is 58.8 Å². The zero-order valence-electron chi connectivity index (χ0n) is 15.4. The third-order valence-electron chi connectivity index (χ3n) is 3.91. The predicted octanol–water partition coefficient (Wildman–Crippen LogP) is 3.96. The minimum absolute atomic E-state index is 0.0283. The molecule has 1 heterocycles. The van der Waals surface area contributed by atoms with E-state index >= 15 is 0 Å². The van der Waals surface area contributed by atoms with Crippen LogP contribution in [-0.4, -0.2) is 32.7 Å². The Balaban J connectivity index is 1.98. The molecule has 1 aliphatic heterocycles. The lowest BCUT2D eigenvalue weighted by Gasteiger charge is -2.14. The van der Waals surface area contributed by atoms with Gasteiger partial charge in [0.25, 0.3) is 0 Å². The van der Waals surface area contributed by atoms with Crippen LogP contribution in [0, 0.1) is 6.92 Å². The number of ether oxygens (including phenoxy) is 4. The molecule has 8 heteroatoms. The monoisotopic (exact) mass is 389 g/mol. The number of carbonyl (C=O) groups is 1. The Morgan fingerprint density at radius 1 is 1.07 bits per heavy atom. The van der Waals surface area contributed by atoms with E-state index in [-0.39, 0.29) is 28.8 Å². The highest BCUT2D eigenvalue weighted by molar-refractivity contribution is 6.12. The number of hydrogen-bond acceptors (Lipinski definition) is 6. The normalized spacial score (nSPS) is 14.9. The van der Waals surface area contributed by atoms with Crippen LogP contribution < -0.4 is 14.2 Å². The van der Waals surface area contributed by atoms with Gasteiger partial charge in [-0.2, -0.15) is 8.78 Å². The number of esters is 1. The standard InChI is InChI=1S/C20H17F2NO5/c1-11-4-6-13(7-5-11)18-23-14(19(24)28-18)8-12-9-15(25-2)17(27-20(21)22)16(10-12)26-3/h4-10,20H,1-3H3/b14-8-. The quantitative estimate of drug-likeness (QED) is 0.553. The molecule has 6 nitrogen and oxygen atoms in total. The zero-order valence-corrected chi connectivity index (χ0v) is 15.4. The molecule has 0 N–H and O–H groups in total. The fourth-order valence-electron chi connectivity index (χ4n) is 2.58. The van der Waals surface area contributed by atoms with Crippen LogP contribution in [0.25, 0.3) is 6.08 Å². The average molecular weight is 389 g/mol. The predicted molar refractivity (Wildman–Crippen MR) is 98.0 cm³/mol. The molecule has 0 aliphatic carbocycles. The van der Waals surface area contributed by atoms with Crippen molar-refractivity contribution >= 4 is 17.9 Å². The summed E-state index contributed by atoms with van der Waals surface area (Å²) in [6.07, 6.45) is 1.45. The van der Waals surface area contributed by atoms with Crippen molar-refractivity contribution in [2.24, 2.45) is 4.99 Å². The van der Waals surface area contributed by atoms with Gasteiger partial charge in [-0.1, -0.05) is 17.7 Å². The molecule has 0 spiro atoms. The third kappa shape index (κ3) is 4.11. The molecule has 0 unspecified atom stereocenters. The molecule has 2 aromatic rings. The molecule has 0 amide bonds. The summed E-state index contributed by atoms with van der Waals surface area (Å²) in [6.45, 7) is -1.10. The highest BCUT2D eigenvalue weighted by Gasteiger charge is 2.25. The highest BCUT2D eigenvalue weighted by atomic mass is 19.3. The summed E-state index contributed by atoms with van der Waals surface area (Å²) in [4.78, 5) is 16.4. The molecular formula is C20H17F2NO5. The number of hydrogen-bond donors (Lipinski definition) is 0. The molecule has 2 aromatic carbocycles. The Labute approximate surface area is 160 Å². The topological polar surface area (TPSA) is 66.4 Å². The number of methoxy groups -OCH3 is 2. The van der Waals surface area contributed by atoms with Crippen LogP contribution in [-0.2, 0) is 9.53 Å². The molecule has 146 valence electrons. The van der Waals surface area contributed by atoms with Gasteiger partial charge in [-0.15, -0.1) is 0 Å². The van der Waals surface area contributed by atoms with Crippen LogP contribution in [0.5, 0.6) is 17.2 Å². The maximum absolute atomic E-state index is 12.6. The fourth-order valence-corrected chi connectivity index (χ4v) is 2.58. The highest BCUT2D eigenvalue weighted by Crippen LogP contribution is 2.40. The smallest absolute Gasteiger partial charge is 0.387 e. The van der Waals surface area contributed by atoms with Gasteiger partial charge in [-0.25, -0.2) is 9.79 Å². The second kappa shape index (κ2) is 8.08. The van der Waals surface area contributed by atoms with Gasteiger partial charge in [0.15, 0.2) is 17.2 Å². The molecule has 0 bridgehead atoms. The summed E-state index contributed by atoms with van der Waals surface area (Å²) in [5.74, 6) is -0.615. The minimum Gasteiger partial charge on any atom is -0.493 e. The van der Waals surface area contributed by atoms with Crippen LogP contribution in [0.4, 0.5) is 8.78 Å². The van der Waals surface area contributed by atoms with E-state index in [1.165, 1.54) is 32.4 Å². The summed E-state index contributed by atoms with van der Waals surface area (Å²) < 4.78 is 45.2. The van der Waals surface area contributed by atoms with E-state index in [9.17, 15) is 13.6 Å². The number of nitrogens with zero attached hydrogens (tertiary/aromatic N) is 1. The van der Waals surface area contributed by atoms with Crippen LogP contribution in [0.2, 0.25) is 0 Å². The Hall–Kier alpha value is -3.42. The lowest BCUT2D eigenvalue weighted by Crippen LogP contribution is -2.06. The summed E-state index contributed by atoms with van der Waals surface area (Å²) in [5, 5.41) is 0. The van der Waals surface area contributed by atoms with Gasteiger partial charge in [0.2, 0.25) is 11.6 Å². The third-order valence-corrected chi connectivity index (χ3v) is 3.91. The number of halogens is 2. The maximum Gasteiger partial charge on any atom is 0.387 e. The number of aliphatic imine (C=N–C) groups is 1. The van der Waals surface area contributed by atoms with Crippen molar-refractivity contribution in [3.63, 3.8) is 0 Å². The summed E-state index contributed by atoms with van der Waals surface area (Å²) in [7, 11) is 2.61. The SMILES string of the molecule is COc1cc(/C=C2\N=C(c3ccc(C)cc3)OC2=O)cc(OC)c1OC(F)F. The number of carbonyl (C=O) groups excluding carboxylic acids is 1. The van der Waals surface area contributed by atoms with E-state index in [1.807, 2.05) is 19.1 Å². The Bertz CT molecular complexity index is 927. The molecule has 0 saturated carbocycles. The maximum atomic E-state index is 12.6. The van der Waals surface area contributed by atoms with E-state index in [4.69, 9.17) is 14.2 Å². The second-order valence-electron chi connectivity index (χ2n) is 5.84. The lowest BCUT2D eigenvalue weighted by molar-refractivity contribution is -0.129. The molecule has 0 saturated heterocycles. The first kappa shape index (κ1) is 19.3. The minimum atomic E-state index is -3.04. The molecule has 28 heavy (non-hydrogen) atoms. The summed E-state index contributed by atoms with van der Waals surface area (Å²) in [5.41, 5.74) is 2.23. The molecular weight excluding hydrogens is 372 g/mol. The molecule has 0 atom stereocenters. The van der Waals surface area contributed by atoms with E-state index in [0.29, 0.717) is 11.1 Å². The Morgan fingerprint density at radius 2 is 1.68 bits per heavy atom. The van der Waals surface area contributed by atoms with Crippen molar-refractivity contribution in [1.29, 1.82) is 0 Å². The van der Waals surface area contributed by atoms with Crippen molar-refractivity contribution in [2.75, 3.05) is 14.2 Å².